The van der Waals surface area contributed by atoms with Gasteiger partial charge in [0, 0.05) is 0 Å². The second kappa shape index (κ2) is 12.0. The van der Waals surface area contributed by atoms with Gasteiger partial charge >= 0.3 is 0 Å². The third kappa shape index (κ3) is 7.27. The van der Waals surface area contributed by atoms with E-state index in [2.05, 4.69) is 81.5 Å². The topological polar surface area (TPSA) is 36.9 Å². The van der Waals surface area contributed by atoms with Gasteiger partial charge in [0.2, 0.25) is 0 Å². The zero-order valence-corrected chi connectivity index (χ0v) is 25.5. The number of hydrogen-bond donors (Lipinski definition) is 0. The van der Waals surface area contributed by atoms with E-state index in [9.17, 15) is 0 Å². The average molecular weight is 489 g/mol. The molecular weight excluding hydrogens is 437 g/mol. The first kappa shape index (κ1) is 29.1. The molecule has 1 heterocycles. The maximum atomic E-state index is 7.08. The van der Waals surface area contributed by atoms with Crippen LogP contribution in [0, 0.1) is 0 Å². The molecule has 0 spiro atoms. The lowest BCUT2D eigenvalue weighted by atomic mass is 10.1. The lowest BCUT2D eigenvalue weighted by Crippen LogP contribution is -2.56. The molecule has 31 heavy (non-hydrogen) atoms. The Morgan fingerprint density at radius 2 is 1.23 bits per heavy atom. The number of hydrogen-bond acceptors (Lipinski definition) is 4. The highest BCUT2D eigenvalue weighted by Gasteiger charge is 2.45. The second-order valence-corrected chi connectivity index (χ2v) is 25.0. The minimum absolute atomic E-state index is 0.0372. The fraction of sp³-hybridized carbons (Fsp3) is 0.917. The van der Waals surface area contributed by atoms with Gasteiger partial charge in [-0.15, -0.1) is 0 Å². The minimum atomic E-state index is -1.87. The molecule has 1 unspecified atom stereocenters. The summed E-state index contributed by atoms with van der Waals surface area (Å²) in [6.07, 6.45) is 3.72. The summed E-state index contributed by atoms with van der Waals surface area (Å²) in [7, 11) is -5.48. The predicted octanol–water partition coefficient (Wildman–Crippen LogP) is 7.70. The molecule has 0 aromatic rings. The molecule has 0 N–H and O–H groups in total. The third-order valence-electron chi connectivity index (χ3n) is 8.26. The van der Waals surface area contributed by atoms with Crippen molar-refractivity contribution in [3.05, 3.63) is 12.3 Å². The quantitative estimate of drug-likeness (QED) is 0.249. The molecule has 0 aromatic carbocycles. The molecule has 0 saturated heterocycles. The van der Waals surface area contributed by atoms with Gasteiger partial charge in [0.15, 0.2) is 25.0 Å². The first-order valence-corrected chi connectivity index (χ1v) is 20.7. The van der Waals surface area contributed by atoms with Crippen LogP contribution in [-0.2, 0) is 18.0 Å². The van der Waals surface area contributed by atoms with E-state index in [1.165, 1.54) is 0 Å². The van der Waals surface area contributed by atoms with Gasteiger partial charge in [0.1, 0.15) is 12.2 Å². The van der Waals surface area contributed by atoms with Gasteiger partial charge in [-0.25, -0.2) is 0 Å². The van der Waals surface area contributed by atoms with Crippen molar-refractivity contribution in [1.29, 1.82) is 0 Å². The Morgan fingerprint density at radius 3 is 1.65 bits per heavy atom. The number of ether oxygens (including phenoxy) is 1. The zero-order valence-electron chi connectivity index (χ0n) is 22.5. The Labute approximate surface area is 196 Å². The van der Waals surface area contributed by atoms with Crippen molar-refractivity contribution in [3.8, 4) is 0 Å². The molecule has 1 rings (SSSR count). The highest BCUT2D eigenvalue weighted by Crippen LogP contribution is 2.38. The first-order chi connectivity index (χ1) is 14.4. The van der Waals surface area contributed by atoms with Crippen molar-refractivity contribution in [3.63, 3.8) is 0 Å². The monoisotopic (exact) mass is 488 g/mol. The molecule has 0 fully saturated rings. The highest BCUT2D eigenvalue weighted by molar-refractivity contribution is 6.74. The molecular formula is C24H52O4Si3. The summed E-state index contributed by atoms with van der Waals surface area (Å²) < 4.78 is 26.8. The van der Waals surface area contributed by atoms with Crippen LogP contribution in [0.2, 0.25) is 54.4 Å². The van der Waals surface area contributed by atoms with E-state index in [1.54, 1.807) is 0 Å². The van der Waals surface area contributed by atoms with Crippen molar-refractivity contribution in [2.45, 2.75) is 135 Å². The van der Waals surface area contributed by atoms with Gasteiger partial charge in [0.05, 0.1) is 19.0 Å². The summed E-state index contributed by atoms with van der Waals surface area (Å²) in [6.45, 7) is 25.8. The Kier molecular flexibility index (Phi) is 11.2. The lowest BCUT2D eigenvalue weighted by Gasteiger charge is -2.45. The van der Waals surface area contributed by atoms with Crippen molar-refractivity contribution in [2.75, 3.05) is 6.61 Å². The summed E-state index contributed by atoms with van der Waals surface area (Å²) in [5.41, 5.74) is 0. The van der Waals surface area contributed by atoms with Crippen molar-refractivity contribution >= 4 is 25.0 Å². The normalized spacial score (nSPS) is 23.1. The Balaban J connectivity index is 3.22. The Morgan fingerprint density at radius 1 is 0.774 bits per heavy atom. The Hall–Kier alpha value is 0.0706. The van der Waals surface area contributed by atoms with Crippen molar-refractivity contribution in [2.24, 2.45) is 0 Å². The fourth-order valence-electron chi connectivity index (χ4n) is 4.09. The largest absolute Gasteiger partial charge is 0.493 e. The van der Waals surface area contributed by atoms with Gasteiger partial charge in [-0.2, -0.15) is 0 Å². The molecule has 1 aliphatic heterocycles. The van der Waals surface area contributed by atoms with Crippen LogP contribution in [0.1, 0.15) is 62.3 Å². The molecule has 0 saturated carbocycles. The summed E-state index contributed by atoms with van der Waals surface area (Å²) in [6, 6.07) is 6.80. The van der Waals surface area contributed by atoms with Crippen LogP contribution in [0.3, 0.4) is 0 Å². The van der Waals surface area contributed by atoms with Gasteiger partial charge in [-0.05, 0) is 60.5 Å². The van der Waals surface area contributed by atoms with Crippen LogP contribution in [0.4, 0.5) is 0 Å². The number of rotatable bonds is 13. The van der Waals surface area contributed by atoms with Gasteiger partial charge in [-0.3, -0.25) is 0 Å². The molecule has 4 nitrogen and oxygen atoms in total. The smallest absolute Gasteiger partial charge is 0.193 e. The van der Waals surface area contributed by atoms with Crippen LogP contribution in [0.5, 0.6) is 0 Å². The molecule has 0 bridgehead atoms. The van der Waals surface area contributed by atoms with Crippen LogP contribution in [-0.4, -0.2) is 49.9 Å². The lowest BCUT2D eigenvalue weighted by molar-refractivity contribution is -0.0669. The summed E-state index contributed by atoms with van der Waals surface area (Å²) in [5.74, 6) is 0. The summed E-state index contributed by atoms with van der Waals surface area (Å²) in [5, 5.41) is 0.174. The molecule has 1 aliphatic rings. The predicted molar refractivity (Wildman–Crippen MR) is 141 cm³/mol. The summed E-state index contributed by atoms with van der Waals surface area (Å²) in [4.78, 5) is 0. The SMILES string of the molecule is CC[Si](CC)(CC)O[C@@H]1C=COC(CO[Si](C)(C)C(C)(C)C)[C@@H]1O[Si](CC)(CC)CC. The van der Waals surface area contributed by atoms with Crippen molar-refractivity contribution in [1.82, 2.24) is 0 Å². The maximum absolute atomic E-state index is 7.08. The summed E-state index contributed by atoms with van der Waals surface area (Å²) >= 11 is 0. The second-order valence-electron chi connectivity index (χ2n) is 10.7. The molecule has 184 valence electrons. The van der Waals surface area contributed by atoms with Crippen LogP contribution >= 0.6 is 0 Å². The van der Waals surface area contributed by atoms with Gasteiger partial charge in [-0.1, -0.05) is 62.3 Å². The highest BCUT2D eigenvalue weighted by atomic mass is 28.4. The average Bonchev–Trinajstić information content (AvgIpc) is 2.75. The third-order valence-corrected chi connectivity index (χ3v) is 22.0. The van der Waals surface area contributed by atoms with Crippen LogP contribution < -0.4 is 0 Å². The van der Waals surface area contributed by atoms with E-state index < -0.39 is 25.0 Å². The molecule has 3 atom stereocenters. The molecule has 0 aliphatic carbocycles. The molecule has 7 heteroatoms. The van der Waals surface area contributed by atoms with Crippen molar-refractivity contribution < 1.29 is 18.0 Å². The van der Waals surface area contributed by atoms with Gasteiger partial charge in [0.25, 0.3) is 0 Å². The van der Waals surface area contributed by atoms with E-state index in [0.29, 0.717) is 6.61 Å². The minimum Gasteiger partial charge on any atom is -0.493 e. The van der Waals surface area contributed by atoms with Gasteiger partial charge < -0.3 is 18.0 Å². The van der Waals surface area contributed by atoms with Crippen LogP contribution in [0.15, 0.2) is 12.3 Å². The first-order valence-electron chi connectivity index (χ1n) is 12.7. The van der Waals surface area contributed by atoms with E-state index in [-0.39, 0.29) is 23.4 Å². The van der Waals surface area contributed by atoms with E-state index >= 15 is 0 Å². The Bertz CT molecular complexity index is 535. The fourth-order valence-corrected chi connectivity index (χ4v) is 10.8. The maximum Gasteiger partial charge on any atom is 0.193 e. The zero-order chi connectivity index (χ0) is 23.9. The molecule has 0 radical (unpaired) electrons. The van der Waals surface area contributed by atoms with E-state index in [1.807, 2.05) is 6.26 Å². The molecule has 0 aromatic heterocycles. The molecule has 0 amide bonds. The standard InChI is InChI=1S/C24H52O4Si3/c1-12-30(13-2,14-3)27-21-18-19-25-22(20-26-29(10,11)24(7,8)9)23(21)28-31(15-4,16-5)17-6/h18-19,21-23H,12-17,20H2,1-11H3/t21-,22?,23-/m1/s1. The van der Waals surface area contributed by atoms with Crippen LogP contribution in [0.25, 0.3) is 0 Å². The van der Waals surface area contributed by atoms with E-state index in [0.717, 1.165) is 36.3 Å². The van der Waals surface area contributed by atoms with E-state index in [4.69, 9.17) is 18.0 Å².